The maximum Gasteiger partial charge on any atom is 0.223 e. The number of fused-ring (bicyclic) bond motifs is 1. The van der Waals surface area contributed by atoms with Gasteiger partial charge in [-0.3, -0.25) is 4.79 Å². The Kier molecular flexibility index (Phi) is 2.95. The first-order valence-electron chi connectivity index (χ1n) is 6.08. The van der Waals surface area contributed by atoms with Gasteiger partial charge in [-0.25, -0.2) is 0 Å². The number of nitrogens with one attached hydrogen (secondary N) is 1. The molecule has 0 heterocycles. The SMILES string of the molecule is CCC(C)(NC(=O)C1CC2CC2C1)C(N)=S. The molecule has 3 atom stereocenters. The highest BCUT2D eigenvalue weighted by Crippen LogP contribution is 2.54. The van der Waals surface area contributed by atoms with Gasteiger partial charge in [0.1, 0.15) is 0 Å². The second kappa shape index (κ2) is 3.99. The van der Waals surface area contributed by atoms with Crippen LogP contribution in [0.25, 0.3) is 0 Å². The third-order valence-electron chi connectivity index (χ3n) is 4.26. The summed E-state index contributed by atoms with van der Waals surface area (Å²) in [5, 5.41) is 3.02. The maximum absolute atomic E-state index is 12.1. The van der Waals surface area contributed by atoms with Crippen LogP contribution in [0.2, 0.25) is 0 Å². The molecular formula is C12H20N2OS. The van der Waals surface area contributed by atoms with Gasteiger partial charge in [0.05, 0.1) is 10.5 Å². The Morgan fingerprint density at radius 2 is 2.00 bits per heavy atom. The van der Waals surface area contributed by atoms with Crippen LogP contribution < -0.4 is 11.1 Å². The van der Waals surface area contributed by atoms with E-state index in [4.69, 9.17) is 18.0 Å². The molecule has 2 saturated carbocycles. The van der Waals surface area contributed by atoms with E-state index in [1.165, 1.54) is 6.42 Å². The Hall–Kier alpha value is -0.640. The molecule has 2 fully saturated rings. The molecule has 0 aromatic carbocycles. The van der Waals surface area contributed by atoms with Crippen LogP contribution in [0.4, 0.5) is 0 Å². The summed E-state index contributed by atoms with van der Waals surface area (Å²) < 4.78 is 0. The lowest BCUT2D eigenvalue weighted by Gasteiger charge is -2.30. The zero-order valence-corrected chi connectivity index (χ0v) is 10.8. The summed E-state index contributed by atoms with van der Waals surface area (Å²) in [6.07, 6.45) is 4.21. The van der Waals surface area contributed by atoms with E-state index in [1.807, 2.05) is 13.8 Å². The lowest BCUT2D eigenvalue weighted by atomic mass is 9.95. The number of thiocarbonyl (C=S) groups is 1. The highest BCUT2D eigenvalue weighted by Gasteiger charge is 2.48. The molecule has 0 aromatic rings. The normalized spacial score (nSPS) is 35.0. The van der Waals surface area contributed by atoms with Gasteiger partial charge in [-0.15, -0.1) is 0 Å². The van der Waals surface area contributed by atoms with Gasteiger partial charge >= 0.3 is 0 Å². The van der Waals surface area contributed by atoms with E-state index in [2.05, 4.69) is 5.32 Å². The van der Waals surface area contributed by atoms with Gasteiger partial charge < -0.3 is 11.1 Å². The largest absolute Gasteiger partial charge is 0.391 e. The highest BCUT2D eigenvalue weighted by molar-refractivity contribution is 7.80. The number of rotatable bonds is 4. The molecule has 90 valence electrons. The zero-order valence-electron chi connectivity index (χ0n) is 9.95. The number of hydrogen-bond donors (Lipinski definition) is 2. The molecule has 0 spiro atoms. The van der Waals surface area contributed by atoms with Crippen molar-refractivity contribution in [2.24, 2.45) is 23.5 Å². The van der Waals surface area contributed by atoms with Gasteiger partial charge in [0, 0.05) is 5.92 Å². The van der Waals surface area contributed by atoms with Crippen LogP contribution in [0, 0.1) is 17.8 Å². The second-order valence-electron chi connectivity index (χ2n) is 5.46. The number of carbonyl (C=O) groups is 1. The van der Waals surface area contributed by atoms with Crippen molar-refractivity contribution in [3.8, 4) is 0 Å². The molecule has 0 bridgehead atoms. The van der Waals surface area contributed by atoms with Crippen molar-refractivity contribution in [1.82, 2.24) is 5.32 Å². The van der Waals surface area contributed by atoms with Crippen molar-refractivity contribution < 1.29 is 4.79 Å². The monoisotopic (exact) mass is 240 g/mol. The third-order valence-corrected chi connectivity index (χ3v) is 4.71. The van der Waals surface area contributed by atoms with Crippen LogP contribution >= 0.6 is 12.2 Å². The maximum atomic E-state index is 12.1. The minimum atomic E-state index is -0.515. The van der Waals surface area contributed by atoms with E-state index in [0.717, 1.165) is 31.1 Å². The summed E-state index contributed by atoms with van der Waals surface area (Å²) in [4.78, 5) is 12.4. The molecule has 16 heavy (non-hydrogen) atoms. The molecule has 4 heteroatoms. The van der Waals surface area contributed by atoms with Crippen LogP contribution in [0.5, 0.6) is 0 Å². The standard InChI is InChI=1S/C12H20N2OS/c1-3-12(2,11(13)16)14-10(15)9-5-7-4-8(7)6-9/h7-9H,3-6H2,1-2H3,(H2,13,16)(H,14,15). The Bertz CT molecular complexity index is 321. The molecule has 0 saturated heterocycles. The lowest BCUT2D eigenvalue weighted by Crippen LogP contribution is -2.55. The number of amides is 1. The molecule has 3 N–H and O–H groups in total. The first kappa shape index (κ1) is 11.8. The first-order chi connectivity index (χ1) is 7.46. The molecule has 2 rings (SSSR count). The van der Waals surface area contributed by atoms with Crippen LogP contribution in [-0.4, -0.2) is 16.4 Å². The Morgan fingerprint density at radius 3 is 2.44 bits per heavy atom. The van der Waals surface area contributed by atoms with E-state index in [-0.39, 0.29) is 11.8 Å². The average Bonchev–Trinajstić information content (AvgIpc) is 2.85. The topological polar surface area (TPSA) is 55.1 Å². The second-order valence-corrected chi connectivity index (χ2v) is 5.90. The number of carbonyl (C=O) groups excluding carboxylic acids is 1. The van der Waals surface area contributed by atoms with Crippen molar-refractivity contribution in [2.45, 2.75) is 45.1 Å². The van der Waals surface area contributed by atoms with E-state index in [0.29, 0.717) is 4.99 Å². The fourth-order valence-corrected chi connectivity index (χ4v) is 2.82. The summed E-state index contributed by atoms with van der Waals surface area (Å²) in [6.45, 7) is 3.90. The third kappa shape index (κ3) is 2.08. The molecular weight excluding hydrogens is 220 g/mol. The van der Waals surface area contributed by atoms with E-state index in [1.54, 1.807) is 0 Å². The van der Waals surface area contributed by atoms with E-state index >= 15 is 0 Å². The van der Waals surface area contributed by atoms with Crippen LogP contribution in [0.1, 0.15) is 39.5 Å². The Labute approximate surface area is 102 Å². The summed E-state index contributed by atoms with van der Waals surface area (Å²) in [7, 11) is 0. The average molecular weight is 240 g/mol. The summed E-state index contributed by atoms with van der Waals surface area (Å²) >= 11 is 5.02. The molecule has 1 amide bonds. The predicted molar refractivity (Wildman–Crippen MR) is 67.9 cm³/mol. The summed E-state index contributed by atoms with van der Waals surface area (Å²) in [5.74, 6) is 2.00. The van der Waals surface area contributed by atoms with Crippen molar-refractivity contribution in [3.63, 3.8) is 0 Å². The quantitative estimate of drug-likeness (QED) is 0.734. The van der Waals surface area contributed by atoms with Gasteiger partial charge in [0.15, 0.2) is 0 Å². The molecule has 2 aliphatic carbocycles. The van der Waals surface area contributed by atoms with Gasteiger partial charge in [-0.2, -0.15) is 0 Å². The fraction of sp³-hybridized carbons (Fsp3) is 0.833. The van der Waals surface area contributed by atoms with Crippen molar-refractivity contribution in [3.05, 3.63) is 0 Å². The number of hydrogen-bond acceptors (Lipinski definition) is 2. The number of nitrogens with two attached hydrogens (primary N) is 1. The van der Waals surface area contributed by atoms with Crippen molar-refractivity contribution >= 4 is 23.1 Å². The van der Waals surface area contributed by atoms with E-state index in [9.17, 15) is 4.79 Å². The van der Waals surface area contributed by atoms with Gasteiger partial charge in [0.25, 0.3) is 0 Å². The zero-order chi connectivity index (χ0) is 11.9. The Morgan fingerprint density at radius 1 is 1.44 bits per heavy atom. The highest BCUT2D eigenvalue weighted by atomic mass is 32.1. The van der Waals surface area contributed by atoms with Gasteiger partial charge in [0.2, 0.25) is 5.91 Å². The van der Waals surface area contributed by atoms with Crippen LogP contribution in [0.15, 0.2) is 0 Å². The van der Waals surface area contributed by atoms with Crippen LogP contribution in [0.3, 0.4) is 0 Å². The summed E-state index contributed by atoms with van der Waals surface area (Å²) in [5.41, 5.74) is 5.17. The van der Waals surface area contributed by atoms with Crippen molar-refractivity contribution in [2.75, 3.05) is 0 Å². The minimum absolute atomic E-state index is 0.143. The van der Waals surface area contributed by atoms with E-state index < -0.39 is 5.54 Å². The summed E-state index contributed by atoms with van der Waals surface area (Å²) in [6, 6.07) is 0. The fourth-order valence-electron chi connectivity index (χ4n) is 2.63. The molecule has 0 aromatic heterocycles. The predicted octanol–water partition coefficient (Wildman–Crippen LogP) is 1.60. The smallest absolute Gasteiger partial charge is 0.223 e. The molecule has 3 unspecified atom stereocenters. The first-order valence-corrected chi connectivity index (χ1v) is 6.49. The van der Waals surface area contributed by atoms with Gasteiger partial charge in [-0.05, 0) is 44.4 Å². The van der Waals surface area contributed by atoms with Gasteiger partial charge in [-0.1, -0.05) is 19.1 Å². The minimum Gasteiger partial charge on any atom is -0.391 e. The Balaban J connectivity index is 1.93. The lowest BCUT2D eigenvalue weighted by molar-refractivity contribution is -0.126. The molecule has 2 aliphatic rings. The molecule has 0 radical (unpaired) electrons. The van der Waals surface area contributed by atoms with Crippen molar-refractivity contribution in [1.29, 1.82) is 0 Å². The van der Waals surface area contributed by atoms with Crippen LogP contribution in [-0.2, 0) is 4.79 Å². The molecule has 0 aliphatic heterocycles. The molecule has 3 nitrogen and oxygen atoms in total.